The monoisotopic (exact) mass is 365 g/mol. The van der Waals surface area contributed by atoms with Crippen LogP contribution in [0, 0.1) is 3.57 Å². The van der Waals surface area contributed by atoms with Crippen molar-refractivity contribution in [3.05, 3.63) is 19.7 Å². The molecular formula is C11H16IN3O3. The molecule has 1 aliphatic heterocycles. The first kappa shape index (κ1) is 13.8. The standard InChI is InChI=1S/C11H16IN3O3/c1-6(2)15-3-4-18-7(5-15)9-13-10(16)8(12)11(17)14-9/h6-7H,3-5H2,1-2H3,(H2,13,14,16,17). The maximum atomic E-state index is 11.6. The Kier molecular flexibility index (Phi) is 4.23. The predicted molar refractivity (Wildman–Crippen MR) is 74.6 cm³/mol. The van der Waals surface area contributed by atoms with Gasteiger partial charge in [-0.1, -0.05) is 0 Å². The quantitative estimate of drug-likeness (QED) is 0.761. The van der Waals surface area contributed by atoms with E-state index in [0.717, 1.165) is 6.54 Å². The van der Waals surface area contributed by atoms with E-state index in [1.165, 1.54) is 0 Å². The van der Waals surface area contributed by atoms with Crippen LogP contribution in [0.5, 0.6) is 5.88 Å². The van der Waals surface area contributed by atoms with Crippen molar-refractivity contribution in [3.8, 4) is 5.88 Å². The lowest BCUT2D eigenvalue weighted by atomic mass is 10.2. The van der Waals surface area contributed by atoms with Crippen LogP contribution in [0.3, 0.4) is 0 Å². The molecule has 0 bridgehead atoms. The smallest absolute Gasteiger partial charge is 0.268 e. The zero-order chi connectivity index (χ0) is 13.3. The number of aromatic nitrogens is 2. The Hall–Kier alpha value is -0.670. The second-order valence-corrected chi connectivity index (χ2v) is 5.62. The molecule has 0 spiro atoms. The Labute approximate surface area is 119 Å². The molecule has 2 heterocycles. The largest absolute Gasteiger partial charge is 0.492 e. The van der Waals surface area contributed by atoms with Gasteiger partial charge in [-0.05, 0) is 36.4 Å². The van der Waals surface area contributed by atoms with Crippen LogP contribution in [0.1, 0.15) is 25.8 Å². The molecule has 1 saturated heterocycles. The zero-order valence-corrected chi connectivity index (χ0v) is 12.5. The number of nitrogens with zero attached hydrogens (tertiary/aromatic N) is 2. The van der Waals surface area contributed by atoms with Crippen LogP contribution in [0.4, 0.5) is 0 Å². The highest BCUT2D eigenvalue weighted by atomic mass is 127. The van der Waals surface area contributed by atoms with Gasteiger partial charge in [0.1, 0.15) is 15.5 Å². The third-order valence-electron chi connectivity index (χ3n) is 3.00. The molecule has 1 fully saturated rings. The van der Waals surface area contributed by atoms with Crippen molar-refractivity contribution in [3.63, 3.8) is 0 Å². The van der Waals surface area contributed by atoms with Crippen molar-refractivity contribution in [2.45, 2.75) is 26.0 Å². The minimum atomic E-state index is -0.330. The predicted octanol–water partition coefficient (Wildman–Crippen LogP) is 0.862. The average Bonchev–Trinajstić information content (AvgIpc) is 2.35. The lowest BCUT2D eigenvalue weighted by molar-refractivity contribution is -0.0446. The number of nitrogens with one attached hydrogen (secondary N) is 1. The van der Waals surface area contributed by atoms with Crippen molar-refractivity contribution in [2.24, 2.45) is 0 Å². The number of ether oxygens (including phenoxy) is 1. The summed E-state index contributed by atoms with van der Waals surface area (Å²) in [6, 6.07) is 0.417. The fourth-order valence-electron chi connectivity index (χ4n) is 1.92. The van der Waals surface area contributed by atoms with Gasteiger partial charge in [0.2, 0.25) is 5.88 Å². The summed E-state index contributed by atoms with van der Waals surface area (Å²) >= 11 is 1.76. The molecule has 0 aromatic carbocycles. The van der Waals surface area contributed by atoms with E-state index in [1.54, 1.807) is 22.6 Å². The molecule has 2 rings (SSSR count). The first-order valence-corrected chi connectivity index (χ1v) is 6.91. The number of H-pyrrole nitrogens is 1. The van der Waals surface area contributed by atoms with Crippen LogP contribution in [0.25, 0.3) is 0 Å². The number of halogens is 1. The fraction of sp³-hybridized carbons (Fsp3) is 0.636. The minimum absolute atomic E-state index is 0.202. The van der Waals surface area contributed by atoms with Gasteiger partial charge in [-0.25, -0.2) is 0 Å². The maximum absolute atomic E-state index is 11.6. The summed E-state index contributed by atoms with van der Waals surface area (Å²) in [5.74, 6) is 0.155. The van der Waals surface area contributed by atoms with Crippen LogP contribution >= 0.6 is 22.6 Å². The van der Waals surface area contributed by atoms with Gasteiger partial charge < -0.3 is 14.8 Å². The Morgan fingerprint density at radius 1 is 1.61 bits per heavy atom. The van der Waals surface area contributed by atoms with Crippen LogP contribution < -0.4 is 5.56 Å². The summed E-state index contributed by atoms with van der Waals surface area (Å²) in [6.07, 6.45) is -0.295. The third kappa shape index (κ3) is 2.83. The lowest BCUT2D eigenvalue weighted by Crippen LogP contribution is -2.43. The molecular weight excluding hydrogens is 349 g/mol. The van der Waals surface area contributed by atoms with Gasteiger partial charge in [0.05, 0.1) is 6.61 Å². The molecule has 18 heavy (non-hydrogen) atoms. The minimum Gasteiger partial charge on any atom is -0.492 e. The van der Waals surface area contributed by atoms with E-state index in [-0.39, 0.29) is 21.1 Å². The van der Waals surface area contributed by atoms with E-state index >= 15 is 0 Å². The third-order valence-corrected chi connectivity index (χ3v) is 3.97. The van der Waals surface area contributed by atoms with Crippen molar-refractivity contribution in [1.82, 2.24) is 14.9 Å². The highest BCUT2D eigenvalue weighted by molar-refractivity contribution is 14.1. The first-order chi connectivity index (χ1) is 8.49. The SMILES string of the molecule is CC(C)N1CCOC(c2nc(O)c(I)c(=O)[nH]2)C1. The zero-order valence-electron chi connectivity index (χ0n) is 10.3. The van der Waals surface area contributed by atoms with Gasteiger partial charge >= 0.3 is 0 Å². The van der Waals surface area contributed by atoms with Gasteiger partial charge in [-0.15, -0.1) is 0 Å². The summed E-state index contributed by atoms with van der Waals surface area (Å²) < 4.78 is 5.81. The molecule has 1 aromatic rings. The Morgan fingerprint density at radius 3 is 2.94 bits per heavy atom. The van der Waals surface area contributed by atoms with E-state index in [2.05, 4.69) is 28.7 Å². The van der Waals surface area contributed by atoms with Crippen LogP contribution in [0.2, 0.25) is 0 Å². The summed E-state index contributed by atoms with van der Waals surface area (Å²) in [5, 5.41) is 9.58. The van der Waals surface area contributed by atoms with Gasteiger partial charge in [0, 0.05) is 19.1 Å². The molecule has 0 amide bonds. The van der Waals surface area contributed by atoms with E-state index in [4.69, 9.17) is 4.74 Å². The van der Waals surface area contributed by atoms with Crippen molar-refractivity contribution in [2.75, 3.05) is 19.7 Å². The van der Waals surface area contributed by atoms with Crippen molar-refractivity contribution in [1.29, 1.82) is 0 Å². The van der Waals surface area contributed by atoms with Gasteiger partial charge in [0.15, 0.2) is 0 Å². The normalized spacial score (nSPS) is 21.4. The highest BCUT2D eigenvalue weighted by Crippen LogP contribution is 2.22. The molecule has 6 nitrogen and oxygen atoms in total. The Balaban J connectivity index is 2.24. The van der Waals surface area contributed by atoms with Crippen molar-refractivity contribution >= 4 is 22.6 Å². The molecule has 7 heteroatoms. The van der Waals surface area contributed by atoms with E-state index in [9.17, 15) is 9.90 Å². The molecule has 1 aromatic heterocycles. The second kappa shape index (κ2) is 5.54. The topological polar surface area (TPSA) is 78.5 Å². The van der Waals surface area contributed by atoms with Crippen LogP contribution in [0.15, 0.2) is 4.79 Å². The molecule has 0 saturated carbocycles. The number of hydrogen-bond donors (Lipinski definition) is 2. The van der Waals surface area contributed by atoms with Gasteiger partial charge in [-0.2, -0.15) is 4.98 Å². The highest BCUT2D eigenvalue weighted by Gasteiger charge is 2.26. The summed E-state index contributed by atoms with van der Waals surface area (Å²) in [6.45, 7) is 6.36. The Bertz CT molecular complexity index is 489. The van der Waals surface area contributed by atoms with Gasteiger partial charge in [0.25, 0.3) is 5.56 Å². The number of hydrogen-bond acceptors (Lipinski definition) is 5. The first-order valence-electron chi connectivity index (χ1n) is 5.83. The number of aromatic amines is 1. The Morgan fingerprint density at radius 2 is 2.33 bits per heavy atom. The van der Waals surface area contributed by atoms with Crippen molar-refractivity contribution < 1.29 is 9.84 Å². The number of morpholine rings is 1. The van der Waals surface area contributed by atoms with E-state index in [0.29, 0.717) is 25.0 Å². The second-order valence-electron chi connectivity index (χ2n) is 4.54. The van der Waals surface area contributed by atoms with E-state index < -0.39 is 0 Å². The van der Waals surface area contributed by atoms with E-state index in [1.807, 2.05) is 0 Å². The molecule has 100 valence electrons. The average molecular weight is 365 g/mol. The summed E-state index contributed by atoms with van der Waals surface area (Å²) in [7, 11) is 0. The van der Waals surface area contributed by atoms with Gasteiger partial charge in [-0.3, -0.25) is 9.69 Å². The fourth-order valence-corrected chi connectivity index (χ4v) is 2.18. The van der Waals surface area contributed by atoms with Crippen LogP contribution in [-0.4, -0.2) is 45.7 Å². The molecule has 1 unspecified atom stereocenters. The molecule has 2 N–H and O–H groups in total. The molecule has 1 atom stereocenters. The number of rotatable bonds is 2. The van der Waals surface area contributed by atoms with Crippen LogP contribution in [-0.2, 0) is 4.74 Å². The lowest BCUT2D eigenvalue weighted by Gasteiger charge is -2.34. The summed E-state index contributed by atoms with van der Waals surface area (Å²) in [5.41, 5.74) is -0.330. The number of aromatic hydroxyl groups is 1. The molecule has 0 radical (unpaired) electrons. The molecule has 1 aliphatic rings. The molecule has 0 aliphatic carbocycles. The maximum Gasteiger partial charge on any atom is 0.268 e. The summed E-state index contributed by atoms with van der Waals surface area (Å²) in [4.78, 5) is 20.5.